The van der Waals surface area contributed by atoms with Crippen LogP contribution in [0.15, 0.2) is 0 Å². The van der Waals surface area contributed by atoms with Gasteiger partial charge in [-0.3, -0.25) is 0 Å². The third-order valence-corrected chi connectivity index (χ3v) is 1.56. The third-order valence-electron chi connectivity index (χ3n) is 1.56. The first-order valence-electron chi connectivity index (χ1n) is 3.51. The molecule has 0 aliphatic rings. The smallest absolute Gasteiger partial charge is 0.0804 e. The van der Waals surface area contributed by atoms with Gasteiger partial charge in [-0.25, -0.2) is 23.6 Å². The van der Waals surface area contributed by atoms with Gasteiger partial charge < -0.3 is 19.4 Å². The van der Waals surface area contributed by atoms with Crippen molar-refractivity contribution < 1.29 is 19.4 Å². The minimum atomic E-state index is -0.688. The number of nitrogens with two attached hydrogens (primary N) is 4. The minimum Gasteiger partial charge on any atom is -0.304 e. The molecule has 0 aromatic rings. The Morgan fingerprint density at radius 3 is 1.00 bits per heavy atom. The Balaban J connectivity index is 4.19. The molecule has 0 amide bonds. The van der Waals surface area contributed by atoms with E-state index in [-0.39, 0.29) is 26.4 Å². The van der Waals surface area contributed by atoms with Gasteiger partial charge >= 0.3 is 0 Å². The quantitative estimate of drug-likeness (QED) is 0.313. The molecule has 0 spiro atoms. The van der Waals surface area contributed by atoms with Crippen LogP contribution in [0.25, 0.3) is 0 Å². The van der Waals surface area contributed by atoms with Crippen molar-refractivity contribution in [3.63, 3.8) is 0 Å². The van der Waals surface area contributed by atoms with Crippen molar-refractivity contribution >= 4 is 0 Å². The van der Waals surface area contributed by atoms with E-state index in [0.29, 0.717) is 0 Å². The molecule has 0 radical (unpaired) electrons. The molecule has 0 atom stereocenters. The lowest BCUT2D eigenvalue weighted by Gasteiger charge is -2.28. The number of hydrogen-bond acceptors (Lipinski definition) is 8. The molecular weight excluding hydrogens is 180 g/mol. The lowest BCUT2D eigenvalue weighted by Crippen LogP contribution is -2.44. The highest BCUT2D eigenvalue weighted by Gasteiger charge is 2.32. The lowest BCUT2D eigenvalue weighted by molar-refractivity contribution is -0.110. The Labute approximate surface area is 75.8 Å². The molecular formula is C5H16N4O4. The summed E-state index contributed by atoms with van der Waals surface area (Å²) in [7, 11) is 0. The maximum absolute atomic E-state index is 4.92. The molecule has 0 aromatic carbocycles. The van der Waals surface area contributed by atoms with Crippen LogP contribution in [0.2, 0.25) is 0 Å². The summed E-state index contributed by atoms with van der Waals surface area (Å²) in [5, 5.41) is 0. The van der Waals surface area contributed by atoms with Crippen molar-refractivity contribution in [2.24, 2.45) is 29.0 Å². The molecule has 0 saturated heterocycles. The summed E-state index contributed by atoms with van der Waals surface area (Å²) in [6, 6.07) is 0. The first-order chi connectivity index (χ1) is 6.24. The van der Waals surface area contributed by atoms with E-state index in [0.717, 1.165) is 0 Å². The van der Waals surface area contributed by atoms with Crippen LogP contribution >= 0.6 is 0 Å². The SMILES string of the molecule is NOCC(CON)(CON)CON. The standard InChI is InChI=1S/C5H16N4O4/c6-10-1-5(2-11-7,3-12-8)4-13-9/h1-4,6-9H2. The van der Waals surface area contributed by atoms with Crippen LogP contribution < -0.4 is 23.6 Å². The van der Waals surface area contributed by atoms with E-state index in [4.69, 9.17) is 23.6 Å². The number of hydrogen-bond donors (Lipinski definition) is 4. The van der Waals surface area contributed by atoms with Gasteiger partial charge in [0.2, 0.25) is 0 Å². The van der Waals surface area contributed by atoms with Gasteiger partial charge in [0.15, 0.2) is 0 Å². The minimum absolute atomic E-state index is 0.110. The Bertz CT molecular complexity index is 95.6. The van der Waals surface area contributed by atoms with Crippen LogP contribution in [0.3, 0.4) is 0 Å². The van der Waals surface area contributed by atoms with E-state index in [1.165, 1.54) is 0 Å². The first-order valence-corrected chi connectivity index (χ1v) is 3.51. The average Bonchev–Trinajstić information content (AvgIpc) is 2.06. The van der Waals surface area contributed by atoms with E-state index in [1.807, 2.05) is 0 Å². The molecule has 0 unspecified atom stereocenters. The Kier molecular flexibility index (Phi) is 6.94. The van der Waals surface area contributed by atoms with Crippen molar-refractivity contribution in [2.75, 3.05) is 26.4 Å². The predicted molar refractivity (Wildman–Crippen MR) is 43.0 cm³/mol. The summed E-state index contributed by atoms with van der Waals surface area (Å²) < 4.78 is 0. The van der Waals surface area contributed by atoms with E-state index in [9.17, 15) is 0 Å². The monoisotopic (exact) mass is 196 g/mol. The normalized spacial score (nSPS) is 12.0. The van der Waals surface area contributed by atoms with Crippen LogP contribution in [0, 0.1) is 5.41 Å². The van der Waals surface area contributed by atoms with Gasteiger partial charge in [0.1, 0.15) is 0 Å². The van der Waals surface area contributed by atoms with Gasteiger partial charge in [-0.15, -0.1) is 0 Å². The summed E-state index contributed by atoms with van der Waals surface area (Å²) in [5.41, 5.74) is -0.688. The Hall–Kier alpha value is -0.320. The molecule has 8 N–H and O–H groups in total. The fraction of sp³-hybridized carbons (Fsp3) is 1.00. The van der Waals surface area contributed by atoms with E-state index >= 15 is 0 Å². The number of rotatable bonds is 8. The molecule has 80 valence electrons. The molecule has 13 heavy (non-hydrogen) atoms. The molecule has 0 aliphatic heterocycles. The molecule has 0 saturated carbocycles. The molecule has 8 heteroatoms. The van der Waals surface area contributed by atoms with Gasteiger partial charge in [0, 0.05) is 0 Å². The fourth-order valence-corrected chi connectivity index (χ4v) is 0.957. The summed E-state index contributed by atoms with van der Waals surface area (Å²) >= 11 is 0. The maximum Gasteiger partial charge on any atom is 0.0804 e. The van der Waals surface area contributed by atoms with E-state index in [1.54, 1.807) is 0 Å². The molecule has 0 aromatic heterocycles. The Morgan fingerprint density at radius 1 is 0.615 bits per heavy atom. The van der Waals surface area contributed by atoms with Gasteiger partial charge in [0.25, 0.3) is 0 Å². The molecule has 0 heterocycles. The topological polar surface area (TPSA) is 141 Å². The van der Waals surface area contributed by atoms with Gasteiger partial charge in [-0.05, 0) is 0 Å². The largest absolute Gasteiger partial charge is 0.304 e. The van der Waals surface area contributed by atoms with E-state index in [2.05, 4.69) is 19.4 Å². The van der Waals surface area contributed by atoms with Crippen molar-refractivity contribution in [3.8, 4) is 0 Å². The highest BCUT2D eigenvalue weighted by atomic mass is 16.7. The fourth-order valence-electron chi connectivity index (χ4n) is 0.957. The van der Waals surface area contributed by atoms with Gasteiger partial charge in [-0.2, -0.15) is 0 Å². The zero-order valence-electron chi connectivity index (χ0n) is 7.27. The van der Waals surface area contributed by atoms with Crippen LogP contribution in [0.1, 0.15) is 0 Å². The highest BCUT2D eigenvalue weighted by molar-refractivity contribution is 4.77. The van der Waals surface area contributed by atoms with Crippen molar-refractivity contribution in [1.29, 1.82) is 0 Å². The van der Waals surface area contributed by atoms with Crippen molar-refractivity contribution in [1.82, 2.24) is 0 Å². The molecule has 0 aliphatic carbocycles. The first kappa shape index (κ1) is 12.7. The summed E-state index contributed by atoms with van der Waals surface area (Å²) in [5.74, 6) is 19.7. The summed E-state index contributed by atoms with van der Waals surface area (Å²) in [6.07, 6.45) is 0. The molecule has 0 fully saturated rings. The highest BCUT2D eigenvalue weighted by Crippen LogP contribution is 2.17. The second-order valence-electron chi connectivity index (χ2n) is 2.74. The van der Waals surface area contributed by atoms with Gasteiger partial charge in [-0.1, -0.05) is 0 Å². The summed E-state index contributed by atoms with van der Waals surface area (Å²) in [4.78, 5) is 17.8. The van der Waals surface area contributed by atoms with Gasteiger partial charge in [0.05, 0.1) is 31.8 Å². The van der Waals surface area contributed by atoms with E-state index < -0.39 is 5.41 Å². The molecule has 8 nitrogen and oxygen atoms in total. The average molecular weight is 196 g/mol. The zero-order valence-corrected chi connectivity index (χ0v) is 7.27. The zero-order chi connectivity index (χ0) is 10.2. The predicted octanol–water partition coefficient (Wildman–Crippen LogP) is -2.47. The molecule has 0 rings (SSSR count). The third kappa shape index (κ3) is 4.45. The lowest BCUT2D eigenvalue weighted by atomic mass is 9.92. The molecule has 0 bridgehead atoms. The second-order valence-corrected chi connectivity index (χ2v) is 2.74. The van der Waals surface area contributed by atoms with Crippen LogP contribution in [0.5, 0.6) is 0 Å². The second kappa shape index (κ2) is 7.12. The van der Waals surface area contributed by atoms with Crippen molar-refractivity contribution in [3.05, 3.63) is 0 Å². The Morgan fingerprint density at radius 2 is 0.846 bits per heavy atom. The van der Waals surface area contributed by atoms with Crippen LogP contribution in [-0.2, 0) is 19.4 Å². The maximum atomic E-state index is 4.92. The van der Waals surface area contributed by atoms with Crippen LogP contribution in [0.4, 0.5) is 0 Å². The van der Waals surface area contributed by atoms with Crippen LogP contribution in [-0.4, -0.2) is 26.4 Å². The van der Waals surface area contributed by atoms with Crippen molar-refractivity contribution in [2.45, 2.75) is 0 Å². The summed E-state index contributed by atoms with van der Waals surface area (Å²) in [6.45, 7) is 0.439.